The van der Waals surface area contributed by atoms with Gasteiger partial charge in [0.1, 0.15) is 5.82 Å². The minimum atomic E-state index is -0.0142. The van der Waals surface area contributed by atoms with Crippen molar-refractivity contribution in [2.24, 2.45) is 0 Å². The van der Waals surface area contributed by atoms with E-state index in [-0.39, 0.29) is 18.3 Å². The Morgan fingerprint density at radius 2 is 2.33 bits per heavy atom. The number of rotatable bonds is 0. The summed E-state index contributed by atoms with van der Waals surface area (Å²) in [4.78, 5) is 14.7. The lowest BCUT2D eigenvalue weighted by Crippen LogP contribution is -2.05. The molecule has 0 spiro atoms. The van der Waals surface area contributed by atoms with Crippen molar-refractivity contribution in [2.75, 3.05) is 11.1 Å². The summed E-state index contributed by atoms with van der Waals surface area (Å²) in [5, 5.41) is 2.64. The topological polar surface area (TPSA) is 68.0 Å². The molecule has 1 amide bonds. The number of carbonyl (C=O) groups excluding carboxylic acids is 1. The van der Waals surface area contributed by atoms with Gasteiger partial charge in [-0.2, -0.15) is 0 Å². The number of anilines is 2. The Morgan fingerprint density at radius 1 is 1.58 bits per heavy atom. The van der Waals surface area contributed by atoms with E-state index in [9.17, 15) is 4.79 Å². The van der Waals surface area contributed by atoms with Crippen LogP contribution in [0.25, 0.3) is 0 Å². The molecule has 0 saturated carbocycles. The van der Waals surface area contributed by atoms with Crippen molar-refractivity contribution < 1.29 is 4.79 Å². The molecule has 12 heavy (non-hydrogen) atoms. The molecule has 0 aliphatic carbocycles. The second-order valence-corrected chi connectivity index (χ2v) is 2.46. The first-order valence-corrected chi connectivity index (χ1v) is 3.30. The van der Waals surface area contributed by atoms with Crippen LogP contribution >= 0.6 is 12.4 Å². The summed E-state index contributed by atoms with van der Waals surface area (Å²) in [5.41, 5.74) is 7.12. The Morgan fingerprint density at radius 3 is 3.00 bits per heavy atom. The number of nitrogens with zero attached hydrogens (tertiary/aromatic N) is 1. The molecule has 1 aliphatic rings. The van der Waals surface area contributed by atoms with E-state index in [0.29, 0.717) is 17.9 Å². The van der Waals surface area contributed by atoms with E-state index in [4.69, 9.17) is 5.73 Å². The van der Waals surface area contributed by atoms with Crippen LogP contribution in [0.4, 0.5) is 11.5 Å². The number of amides is 1. The zero-order chi connectivity index (χ0) is 7.84. The number of halogens is 1. The molecule has 1 aromatic heterocycles. The van der Waals surface area contributed by atoms with Gasteiger partial charge in [-0.05, 0) is 11.6 Å². The molecule has 5 heteroatoms. The predicted molar refractivity (Wildman–Crippen MR) is 48.2 cm³/mol. The average molecular weight is 186 g/mol. The highest BCUT2D eigenvalue weighted by molar-refractivity contribution is 6.01. The number of fused-ring (bicyclic) bond motifs is 1. The first-order valence-electron chi connectivity index (χ1n) is 3.30. The molecule has 0 bridgehead atoms. The number of pyridine rings is 1. The maximum Gasteiger partial charge on any atom is 0.228 e. The molecule has 0 radical (unpaired) electrons. The molecule has 4 nitrogen and oxygen atoms in total. The smallest absolute Gasteiger partial charge is 0.228 e. The van der Waals surface area contributed by atoms with Crippen LogP contribution in [0.15, 0.2) is 12.3 Å². The van der Waals surface area contributed by atoms with Gasteiger partial charge in [-0.3, -0.25) is 4.79 Å². The van der Waals surface area contributed by atoms with Gasteiger partial charge < -0.3 is 11.1 Å². The fraction of sp³-hybridized carbons (Fsp3) is 0.143. The summed E-state index contributed by atoms with van der Waals surface area (Å²) in [6.45, 7) is 0. The third kappa shape index (κ3) is 1.21. The van der Waals surface area contributed by atoms with E-state index in [0.717, 1.165) is 5.56 Å². The van der Waals surface area contributed by atoms with Crippen LogP contribution in [0.2, 0.25) is 0 Å². The monoisotopic (exact) mass is 185 g/mol. The second kappa shape index (κ2) is 2.98. The van der Waals surface area contributed by atoms with Crippen LogP contribution in [0, 0.1) is 0 Å². The Balaban J connectivity index is 0.000000720. The van der Waals surface area contributed by atoms with Gasteiger partial charge in [0.2, 0.25) is 5.91 Å². The summed E-state index contributed by atoms with van der Waals surface area (Å²) in [7, 11) is 0. The van der Waals surface area contributed by atoms with Crippen LogP contribution in [0.1, 0.15) is 5.56 Å². The third-order valence-corrected chi connectivity index (χ3v) is 1.68. The van der Waals surface area contributed by atoms with Crippen molar-refractivity contribution in [2.45, 2.75) is 6.42 Å². The molecular weight excluding hydrogens is 178 g/mol. The molecule has 1 aromatic rings. The van der Waals surface area contributed by atoms with Gasteiger partial charge in [0.25, 0.3) is 0 Å². The van der Waals surface area contributed by atoms with Crippen LogP contribution in [0.3, 0.4) is 0 Å². The van der Waals surface area contributed by atoms with E-state index >= 15 is 0 Å². The second-order valence-electron chi connectivity index (χ2n) is 2.46. The van der Waals surface area contributed by atoms with Crippen molar-refractivity contribution in [1.82, 2.24) is 4.98 Å². The highest BCUT2D eigenvalue weighted by Gasteiger charge is 2.19. The zero-order valence-electron chi connectivity index (χ0n) is 6.20. The molecular formula is C7H8ClN3O. The Hall–Kier alpha value is -1.29. The molecule has 0 saturated heterocycles. The highest BCUT2D eigenvalue weighted by Crippen LogP contribution is 2.26. The van der Waals surface area contributed by atoms with Crippen molar-refractivity contribution in [3.63, 3.8) is 0 Å². The molecule has 64 valence electrons. The van der Waals surface area contributed by atoms with Crippen molar-refractivity contribution in [1.29, 1.82) is 0 Å². The Labute approximate surface area is 75.6 Å². The van der Waals surface area contributed by atoms with Gasteiger partial charge >= 0.3 is 0 Å². The van der Waals surface area contributed by atoms with Crippen LogP contribution in [-0.2, 0) is 11.2 Å². The molecule has 0 fully saturated rings. The van der Waals surface area contributed by atoms with Crippen LogP contribution in [0.5, 0.6) is 0 Å². The lowest BCUT2D eigenvalue weighted by Gasteiger charge is -1.99. The van der Waals surface area contributed by atoms with Crippen molar-refractivity contribution in [3.8, 4) is 0 Å². The number of nitrogens with one attached hydrogen (secondary N) is 1. The number of hydrogen-bond donors (Lipinski definition) is 2. The first-order chi connectivity index (χ1) is 5.27. The lowest BCUT2D eigenvalue weighted by molar-refractivity contribution is -0.115. The Bertz CT molecular complexity index is 326. The average Bonchev–Trinajstić information content (AvgIpc) is 2.31. The van der Waals surface area contributed by atoms with Gasteiger partial charge in [-0.15, -0.1) is 12.4 Å². The van der Waals surface area contributed by atoms with Gasteiger partial charge in [0.05, 0.1) is 12.1 Å². The predicted octanol–water partition coefficient (Wildman–Crippen LogP) is 0.580. The first kappa shape index (κ1) is 8.80. The van der Waals surface area contributed by atoms with Crippen LogP contribution in [-0.4, -0.2) is 10.9 Å². The normalized spacial score (nSPS) is 13.2. The van der Waals surface area contributed by atoms with E-state index in [1.165, 1.54) is 0 Å². The Kier molecular flexibility index (Phi) is 2.19. The maximum atomic E-state index is 10.9. The zero-order valence-corrected chi connectivity index (χ0v) is 7.02. The molecule has 3 N–H and O–H groups in total. The van der Waals surface area contributed by atoms with Gasteiger partial charge in [-0.25, -0.2) is 4.98 Å². The fourth-order valence-corrected chi connectivity index (χ4v) is 1.17. The summed E-state index contributed by atoms with van der Waals surface area (Å²) in [6, 6.07) is 1.80. The fourth-order valence-electron chi connectivity index (χ4n) is 1.17. The standard InChI is InChI=1S/C7H7N3O.ClH/c8-7-6-4(1-2-9-7)3-5(11)10-6;/h1-2H,3H2,(H2,8,9)(H,10,11);1H. The van der Waals surface area contributed by atoms with Crippen molar-refractivity contribution in [3.05, 3.63) is 17.8 Å². The summed E-state index contributed by atoms with van der Waals surface area (Å²) >= 11 is 0. The molecule has 2 heterocycles. The largest absolute Gasteiger partial charge is 0.382 e. The minimum Gasteiger partial charge on any atom is -0.382 e. The number of aromatic nitrogens is 1. The maximum absolute atomic E-state index is 10.9. The number of nitrogen functional groups attached to an aromatic ring is 1. The van der Waals surface area contributed by atoms with E-state index in [1.54, 1.807) is 12.3 Å². The van der Waals surface area contributed by atoms with E-state index < -0.39 is 0 Å². The molecule has 0 aromatic carbocycles. The molecule has 2 rings (SSSR count). The summed E-state index contributed by atoms with van der Waals surface area (Å²) in [5.74, 6) is 0.382. The van der Waals surface area contributed by atoms with Gasteiger partial charge in [0, 0.05) is 6.20 Å². The molecule has 0 atom stereocenters. The highest BCUT2D eigenvalue weighted by atomic mass is 35.5. The summed E-state index contributed by atoms with van der Waals surface area (Å²) < 4.78 is 0. The minimum absolute atomic E-state index is 0. The molecule has 1 aliphatic heterocycles. The summed E-state index contributed by atoms with van der Waals surface area (Å²) in [6.07, 6.45) is 2.02. The number of nitrogens with two attached hydrogens (primary N) is 1. The SMILES string of the molecule is Cl.Nc1nccc2c1NC(=O)C2. The van der Waals surface area contributed by atoms with Gasteiger partial charge in [0.15, 0.2) is 0 Å². The van der Waals surface area contributed by atoms with E-state index in [2.05, 4.69) is 10.3 Å². The number of hydrogen-bond acceptors (Lipinski definition) is 3. The lowest BCUT2D eigenvalue weighted by atomic mass is 10.2. The van der Waals surface area contributed by atoms with Gasteiger partial charge in [-0.1, -0.05) is 0 Å². The quantitative estimate of drug-likeness (QED) is 0.621. The van der Waals surface area contributed by atoms with Crippen molar-refractivity contribution >= 4 is 29.8 Å². The molecule has 0 unspecified atom stereocenters. The van der Waals surface area contributed by atoms with Crippen LogP contribution < -0.4 is 11.1 Å². The van der Waals surface area contributed by atoms with E-state index in [1.807, 2.05) is 0 Å². The third-order valence-electron chi connectivity index (χ3n) is 1.68. The number of carbonyl (C=O) groups is 1.